The number of hydrogen-bond donors (Lipinski definition) is 0. The Labute approximate surface area is 166 Å². The molecule has 152 valence electrons. The molecule has 0 aliphatic rings. The summed E-state index contributed by atoms with van der Waals surface area (Å²) in [6.45, 7) is 1.39. The number of halogens is 1. The second kappa shape index (κ2) is 8.59. The van der Waals surface area contributed by atoms with Crippen LogP contribution in [0.25, 0.3) is 11.4 Å². The summed E-state index contributed by atoms with van der Waals surface area (Å²) in [5.41, 5.74) is 1.11. The first-order valence-corrected chi connectivity index (χ1v) is 8.53. The number of carbonyl (C=O) groups is 1. The summed E-state index contributed by atoms with van der Waals surface area (Å²) >= 11 is 0. The molecule has 8 nitrogen and oxygen atoms in total. The number of ether oxygens (including phenoxy) is 4. The Balaban J connectivity index is 1.74. The van der Waals surface area contributed by atoms with Gasteiger partial charge >= 0.3 is 5.97 Å². The molecule has 0 bridgehead atoms. The van der Waals surface area contributed by atoms with Gasteiger partial charge < -0.3 is 23.5 Å². The van der Waals surface area contributed by atoms with Crippen LogP contribution in [0.4, 0.5) is 4.39 Å². The molecule has 0 aliphatic heterocycles. The van der Waals surface area contributed by atoms with Crippen molar-refractivity contribution >= 4 is 5.97 Å². The molecular weight excluding hydrogens is 383 g/mol. The van der Waals surface area contributed by atoms with E-state index in [1.165, 1.54) is 39.5 Å². The summed E-state index contributed by atoms with van der Waals surface area (Å²) in [6, 6.07) is 7.57. The molecule has 9 heteroatoms. The molecular formula is C20H19FN2O6. The highest BCUT2D eigenvalue weighted by atomic mass is 19.1. The van der Waals surface area contributed by atoms with Gasteiger partial charge in [0.2, 0.25) is 5.82 Å². The van der Waals surface area contributed by atoms with E-state index in [0.29, 0.717) is 22.6 Å². The molecule has 29 heavy (non-hydrogen) atoms. The molecule has 1 aromatic heterocycles. The molecule has 0 unspecified atom stereocenters. The standard InChI is InChI=1S/C20H19FN2O6/c1-11-5-6-12(7-14(11)21)19-22-18(29-23-19)10-28-20(24)13-8-16(26-3)17(27-4)9-15(13)25-2/h5-9H,10H2,1-4H3. The maximum absolute atomic E-state index is 13.7. The smallest absolute Gasteiger partial charge is 0.342 e. The SMILES string of the molecule is COc1cc(OC)c(C(=O)OCc2nc(-c3ccc(C)c(F)c3)no2)cc1OC. The van der Waals surface area contributed by atoms with Crippen molar-refractivity contribution in [1.82, 2.24) is 10.1 Å². The molecule has 0 spiro atoms. The Morgan fingerprint density at radius 2 is 1.72 bits per heavy atom. The van der Waals surface area contributed by atoms with Crippen LogP contribution in [0.3, 0.4) is 0 Å². The van der Waals surface area contributed by atoms with Gasteiger partial charge in [-0.15, -0.1) is 0 Å². The lowest BCUT2D eigenvalue weighted by Crippen LogP contribution is -2.08. The second-order valence-corrected chi connectivity index (χ2v) is 5.96. The molecule has 3 aromatic rings. The Hall–Kier alpha value is -3.62. The highest BCUT2D eigenvalue weighted by Crippen LogP contribution is 2.35. The van der Waals surface area contributed by atoms with Gasteiger partial charge in [-0.3, -0.25) is 0 Å². The van der Waals surface area contributed by atoms with Crippen molar-refractivity contribution in [2.45, 2.75) is 13.5 Å². The number of hydrogen-bond acceptors (Lipinski definition) is 8. The van der Waals surface area contributed by atoms with Crippen molar-refractivity contribution in [1.29, 1.82) is 0 Å². The number of aryl methyl sites for hydroxylation is 1. The number of aromatic nitrogens is 2. The van der Waals surface area contributed by atoms with E-state index in [1.807, 2.05) is 0 Å². The summed E-state index contributed by atoms with van der Waals surface area (Å²) in [6.07, 6.45) is 0. The lowest BCUT2D eigenvalue weighted by atomic mass is 10.1. The van der Waals surface area contributed by atoms with E-state index >= 15 is 0 Å². The van der Waals surface area contributed by atoms with Gasteiger partial charge in [0.05, 0.1) is 21.3 Å². The van der Waals surface area contributed by atoms with Gasteiger partial charge in [0.1, 0.15) is 17.1 Å². The molecule has 0 N–H and O–H groups in total. The fourth-order valence-corrected chi connectivity index (χ4v) is 2.56. The minimum absolute atomic E-state index is 0.0637. The van der Waals surface area contributed by atoms with E-state index in [9.17, 15) is 9.18 Å². The summed E-state index contributed by atoms with van der Waals surface area (Å²) in [5, 5.41) is 3.79. The number of benzene rings is 2. The van der Waals surface area contributed by atoms with Crippen LogP contribution in [-0.2, 0) is 11.3 Å². The Morgan fingerprint density at radius 3 is 2.38 bits per heavy atom. The first-order chi connectivity index (χ1) is 14.0. The van der Waals surface area contributed by atoms with Crippen LogP contribution in [-0.4, -0.2) is 37.4 Å². The number of carbonyl (C=O) groups excluding carboxylic acids is 1. The number of methoxy groups -OCH3 is 3. The average molecular weight is 402 g/mol. The van der Waals surface area contributed by atoms with Crippen LogP contribution < -0.4 is 14.2 Å². The lowest BCUT2D eigenvalue weighted by Gasteiger charge is -2.13. The molecule has 0 atom stereocenters. The highest BCUT2D eigenvalue weighted by molar-refractivity contribution is 5.93. The summed E-state index contributed by atoms with van der Waals surface area (Å²) in [7, 11) is 4.35. The maximum atomic E-state index is 13.7. The fraction of sp³-hybridized carbons (Fsp3) is 0.250. The van der Waals surface area contributed by atoms with Gasteiger partial charge in [0.25, 0.3) is 5.89 Å². The van der Waals surface area contributed by atoms with Gasteiger partial charge in [-0.2, -0.15) is 4.98 Å². The van der Waals surface area contributed by atoms with Crippen LogP contribution >= 0.6 is 0 Å². The Morgan fingerprint density at radius 1 is 1.03 bits per heavy atom. The van der Waals surface area contributed by atoms with E-state index < -0.39 is 5.97 Å². The molecule has 0 aliphatic carbocycles. The third kappa shape index (κ3) is 4.29. The van der Waals surface area contributed by atoms with Gasteiger partial charge in [0, 0.05) is 17.7 Å². The predicted molar refractivity (Wildman–Crippen MR) is 99.6 cm³/mol. The van der Waals surface area contributed by atoms with Gasteiger partial charge in [-0.25, -0.2) is 9.18 Å². The van der Waals surface area contributed by atoms with Crippen LogP contribution in [0, 0.1) is 12.7 Å². The zero-order valence-corrected chi connectivity index (χ0v) is 16.3. The van der Waals surface area contributed by atoms with Crippen LogP contribution in [0.15, 0.2) is 34.9 Å². The molecule has 0 amide bonds. The van der Waals surface area contributed by atoms with Gasteiger partial charge in [-0.1, -0.05) is 17.3 Å². The minimum Gasteiger partial charge on any atom is -0.496 e. The molecule has 0 fully saturated rings. The average Bonchev–Trinajstić information content (AvgIpc) is 3.21. The van der Waals surface area contributed by atoms with Crippen LogP contribution in [0.1, 0.15) is 21.8 Å². The van der Waals surface area contributed by atoms with E-state index in [2.05, 4.69) is 10.1 Å². The zero-order valence-electron chi connectivity index (χ0n) is 16.3. The molecule has 0 saturated heterocycles. The quantitative estimate of drug-likeness (QED) is 0.554. The highest BCUT2D eigenvalue weighted by Gasteiger charge is 2.20. The molecule has 0 saturated carbocycles. The minimum atomic E-state index is -0.677. The van der Waals surface area contributed by atoms with E-state index in [0.717, 1.165) is 0 Å². The molecule has 2 aromatic carbocycles. The Kier molecular flexibility index (Phi) is 5.96. The van der Waals surface area contributed by atoms with Crippen molar-refractivity contribution in [3.63, 3.8) is 0 Å². The molecule has 0 radical (unpaired) electrons. The maximum Gasteiger partial charge on any atom is 0.342 e. The van der Waals surface area contributed by atoms with Crippen molar-refractivity contribution in [2.24, 2.45) is 0 Å². The number of nitrogens with zero attached hydrogens (tertiary/aromatic N) is 2. The van der Waals surface area contributed by atoms with Crippen molar-refractivity contribution < 1.29 is 32.7 Å². The monoisotopic (exact) mass is 402 g/mol. The van der Waals surface area contributed by atoms with Gasteiger partial charge in [-0.05, 0) is 18.6 Å². The first-order valence-electron chi connectivity index (χ1n) is 8.53. The predicted octanol–water partition coefficient (Wildman–Crippen LogP) is 3.57. The first kappa shape index (κ1) is 20.1. The summed E-state index contributed by atoms with van der Waals surface area (Å²) in [4.78, 5) is 16.6. The summed E-state index contributed by atoms with van der Waals surface area (Å²) in [5.74, 6) is 0.223. The third-order valence-electron chi connectivity index (χ3n) is 4.15. The fourth-order valence-electron chi connectivity index (χ4n) is 2.56. The number of esters is 1. The zero-order chi connectivity index (χ0) is 21.0. The lowest BCUT2D eigenvalue weighted by molar-refractivity contribution is 0.0425. The van der Waals surface area contributed by atoms with Gasteiger partial charge in [0.15, 0.2) is 18.1 Å². The van der Waals surface area contributed by atoms with Crippen molar-refractivity contribution in [3.05, 3.63) is 53.2 Å². The second-order valence-electron chi connectivity index (χ2n) is 5.96. The van der Waals surface area contributed by atoms with Crippen molar-refractivity contribution in [2.75, 3.05) is 21.3 Å². The van der Waals surface area contributed by atoms with E-state index in [4.69, 9.17) is 23.5 Å². The summed E-state index contributed by atoms with van der Waals surface area (Å²) < 4.78 is 39.6. The third-order valence-corrected chi connectivity index (χ3v) is 4.15. The van der Waals surface area contributed by atoms with Crippen LogP contribution in [0.2, 0.25) is 0 Å². The molecule has 1 heterocycles. The van der Waals surface area contributed by atoms with Crippen LogP contribution in [0.5, 0.6) is 17.2 Å². The molecule has 3 rings (SSSR count). The topological polar surface area (TPSA) is 92.9 Å². The number of rotatable bonds is 7. The van der Waals surface area contributed by atoms with E-state index in [-0.39, 0.29) is 35.5 Å². The van der Waals surface area contributed by atoms with Crippen molar-refractivity contribution in [3.8, 4) is 28.6 Å². The largest absolute Gasteiger partial charge is 0.496 e. The van der Waals surface area contributed by atoms with E-state index in [1.54, 1.807) is 19.1 Å². The normalized spacial score (nSPS) is 10.5. The Bertz CT molecular complexity index is 1030.